The molecule has 0 aliphatic rings. The summed E-state index contributed by atoms with van der Waals surface area (Å²) >= 11 is 5.94. The molecule has 0 aliphatic carbocycles. The van der Waals surface area contributed by atoms with Crippen LogP contribution in [0.1, 0.15) is 44.8 Å². The Bertz CT molecular complexity index is 1310. The molecule has 0 aliphatic heterocycles. The molecule has 176 valence electrons. The molecule has 35 heavy (non-hydrogen) atoms. The maximum absolute atomic E-state index is 13.2. The topological polar surface area (TPSA) is 67.4 Å². The third-order valence-electron chi connectivity index (χ3n) is 5.51. The number of nitrogens with one attached hydrogen (secondary N) is 2. The minimum Gasteiger partial charge on any atom is -0.488 e. The first kappa shape index (κ1) is 24.0. The van der Waals surface area contributed by atoms with Crippen molar-refractivity contribution >= 4 is 29.1 Å². The maximum atomic E-state index is 13.2. The Kier molecular flexibility index (Phi) is 7.81. The lowest BCUT2D eigenvalue weighted by Crippen LogP contribution is -2.28. The van der Waals surface area contributed by atoms with Crippen LogP contribution in [-0.2, 0) is 6.61 Å². The summed E-state index contributed by atoms with van der Waals surface area (Å²) in [5.74, 6) is -0.197. The number of halogens is 1. The SMILES string of the molecule is C[C@@H](NC(=O)c1ccccc1NC(=O)c1ccccc1OCc1ccc(Cl)cc1)c1ccccc1. The molecule has 5 nitrogen and oxygen atoms in total. The molecule has 2 N–H and O–H groups in total. The summed E-state index contributed by atoms with van der Waals surface area (Å²) < 4.78 is 5.92. The number of carbonyl (C=O) groups excluding carboxylic acids is 2. The summed E-state index contributed by atoms with van der Waals surface area (Å²) in [6.07, 6.45) is 0. The summed E-state index contributed by atoms with van der Waals surface area (Å²) in [4.78, 5) is 26.2. The molecule has 0 saturated heterocycles. The van der Waals surface area contributed by atoms with Gasteiger partial charge in [0.25, 0.3) is 11.8 Å². The van der Waals surface area contributed by atoms with Crippen molar-refractivity contribution in [2.75, 3.05) is 5.32 Å². The molecule has 0 fully saturated rings. The van der Waals surface area contributed by atoms with Crippen molar-refractivity contribution in [3.63, 3.8) is 0 Å². The Morgan fingerprint density at radius 2 is 1.40 bits per heavy atom. The van der Waals surface area contributed by atoms with Gasteiger partial charge in [-0.2, -0.15) is 0 Å². The zero-order chi connectivity index (χ0) is 24.6. The summed E-state index contributed by atoms with van der Waals surface area (Å²) in [7, 11) is 0. The van der Waals surface area contributed by atoms with Gasteiger partial charge in [-0.3, -0.25) is 9.59 Å². The predicted octanol–water partition coefficient (Wildman–Crippen LogP) is 6.66. The van der Waals surface area contributed by atoms with Crippen LogP contribution in [0.3, 0.4) is 0 Å². The van der Waals surface area contributed by atoms with Crippen molar-refractivity contribution in [1.29, 1.82) is 0 Å². The first-order valence-corrected chi connectivity index (χ1v) is 11.6. The van der Waals surface area contributed by atoms with Crippen molar-refractivity contribution in [3.05, 3.63) is 130 Å². The van der Waals surface area contributed by atoms with E-state index in [1.165, 1.54) is 0 Å². The van der Waals surface area contributed by atoms with Gasteiger partial charge in [0.05, 0.1) is 22.9 Å². The third-order valence-corrected chi connectivity index (χ3v) is 5.76. The highest BCUT2D eigenvalue weighted by Gasteiger charge is 2.18. The monoisotopic (exact) mass is 484 g/mol. The molecular formula is C29H25ClN2O3. The fraction of sp³-hybridized carbons (Fsp3) is 0.103. The van der Waals surface area contributed by atoms with Crippen LogP contribution in [0.25, 0.3) is 0 Å². The molecule has 0 heterocycles. The number of rotatable bonds is 8. The molecule has 0 spiro atoms. The van der Waals surface area contributed by atoms with Gasteiger partial charge < -0.3 is 15.4 Å². The number of benzene rings is 4. The number of para-hydroxylation sites is 2. The molecule has 0 unspecified atom stereocenters. The van der Waals surface area contributed by atoms with Crippen LogP contribution in [-0.4, -0.2) is 11.8 Å². The van der Waals surface area contributed by atoms with Crippen LogP contribution in [0.2, 0.25) is 5.02 Å². The lowest BCUT2D eigenvalue weighted by molar-refractivity contribution is 0.0940. The van der Waals surface area contributed by atoms with Crippen molar-refractivity contribution < 1.29 is 14.3 Å². The van der Waals surface area contributed by atoms with Crippen molar-refractivity contribution in [2.24, 2.45) is 0 Å². The number of hydrogen-bond acceptors (Lipinski definition) is 3. The van der Waals surface area contributed by atoms with Crippen molar-refractivity contribution in [3.8, 4) is 5.75 Å². The maximum Gasteiger partial charge on any atom is 0.259 e. The van der Waals surface area contributed by atoms with E-state index in [-0.39, 0.29) is 24.5 Å². The van der Waals surface area contributed by atoms with E-state index in [1.807, 2.05) is 49.4 Å². The summed E-state index contributed by atoms with van der Waals surface area (Å²) in [5, 5.41) is 6.51. The van der Waals surface area contributed by atoms with E-state index in [2.05, 4.69) is 10.6 Å². The Morgan fingerprint density at radius 1 is 0.771 bits per heavy atom. The van der Waals surface area contributed by atoms with Gasteiger partial charge in [-0.05, 0) is 54.4 Å². The van der Waals surface area contributed by atoms with Crippen LogP contribution < -0.4 is 15.4 Å². The second-order valence-electron chi connectivity index (χ2n) is 8.02. The van der Waals surface area contributed by atoms with E-state index in [0.29, 0.717) is 27.6 Å². The van der Waals surface area contributed by atoms with E-state index in [9.17, 15) is 9.59 Å². The number of anilines is 1. The first-order chi connectivity index (χ1) is 17.0. The lowest BCUT2D eigenvalue weighted by atomic mass is 10.1. The molecule has 2 amide bonds. The van der Waals surface area contributed by atoms with E-state index >= 15 is 0 Å². The Labute approximate surface area is 209 Å². The van der Waals surface area contributed by atoms with Gasteiger partial charge in [0.1, 0.15) is 12.4 Å². The summed E-state index contributed by atoms with van der Waals surface area (Å²) in [6.45, 7) is 2.21. The minimum atomic E-state index is -0.368. The fourth-order valence-electron chi connectivity index (χ4n) is 3.60. The zero-order valence-corrected chi connectivity index (χ0v) is 20.0. The normalized spacial score (nSPS) is 11.4. The van der Waals surface area contributed by atoms with Crippen molar-refractivity contribution in [1.82, 2.24) is 5.32 Å². The predicted molar refractivity (Wildman–Crippen MR) is 139 cm³/mol. The molecule has 0 saturated carbocycles. The van der Waals surface area contributed by atoms with Crippen LogP contribution >= 0.6 is 11.6 Å². The summed E-state index contributed by atoms with van der Waals surface area (Å²) in [5.41, 5.74) is 3.09. The van der Waals surface area contributed by atoms with Gasteiger partial charge in [-0.25, -0.2) is 0 Å². The molecule has 4 rings (SSSR count). The molecule has 4 aromatic rings. The van der Waals surface area contributed by atoms with Crippen LogP contribution in [0.5, 0.6) is 5.75 Å². The highest BCUT2D eigenvalue weighted by Crippen LogP contribution is 2.23. The number of carbonyl (C=O) groups is 2. The van der Waals surface area contributed by atoms with Gasteiger partial charge in [-0.1, -0.05) is 78.3 Å². The zero-order valence-electron chi connectivity index (χ0n) is 19.2. The van der Waals surface area contributed by atoms with Gasteiger partial charge in [-0.15, -0.1) is 0 Å². The van der Waals surface area contributed by atoms with Crippen LogP contribution in [0, 0.1) is 0 Å². The third kappa shape index (κ3) is 6.28. The molecule has 4 aromatic carbocycles. The molecule has 0 radical (unpaired) electrons. The molecule has 0 bridgehead atoms. The molecule has 1 atom stereocenters. The van der Waals surface area contributed by atoms with E-state index in [4.69, 9.17) is 16.3 Å². The van der Waals surface area contributed by atoms with E-state index < -0.39 is 0 Å². The quantitative estimate of drug-likeness (QED) is 0.294. The van der Waals surface area contributed by atoms with Crippen LogP contribution in [0.15, 0.2) is 103 Å². The smallest absolute Gasteiger partial charge is 0.259 e. The Hall–Kier alpha value is -4.09. The molecule has 0 aromatic heterocycles. The lowest BCUT2D eigenvalue weighted by Gasteiger charge is -2.17. The number of amides is 2. The molecular weight excluding hydrogens is 460 g/mol. The second-order valence-corrected chi connectivity index (χ2v) is 8.45. The Balaban J connectivity index is 1.48. The van der Waals surface area contributed by atoms with Gasteiger partial charge in [0.2, 0.25) is 0 Å². The first-order valence-electron chi connectivity index (χ1n) is 11.2. The highest BCUT2D eigenvalue weighted by atomic mass is 35.5. The highest BCUT2D eigenvalue weighted by molar-refractivity contribution is 6.30. The fourth-order valence-corrected chi connectivity index (χ4v) is 3.73. The van der Waals surface area contributed by atoms with Crippen LogP contribution in [0.4, 0.5) is 5.69 Å². The molecule has 6 heteroatoms. The number of ether oxygens (including phenoxy) is 1. The largest absolute Gasteiger partial charge is 0.488 e. The van der Waals surface area contributed by atoms with E-state index in [1.54, 1.807) is 60.7 Å². The Morgan fingerprint density at radius 3 is 2.14 bits per heavy atom. The second kappa shape index (κ2) is 11.4. The van der Waals surface area contributed by atoms with E-state index in [0.717, 1.165) is 11.1 Å². The average Bonchev–Trinajstić information content (AvgIpc) is 2.89. The minimum absolute atomic E-state index is 0.186. The standard InChI is InChI=1S/C29H25ClN2O3/c1-20(22-9-3-2-4-10-22)31-28(33)24-11-5-7-13-26(24)32-29(34)25-12-6-8-14-27(25)35-19-21-15-17-23(30)18-16-21/h2-18,20H,19H2,1H3,(H,31,33)(H,32,34)/t20-/m1/s1. The average molecular weight is 485 g/mol. The number of hydrogen-bond donors (Lipinski definition) is 2. The summed E-state index contributed by atoms with van der Waals surface area (Å²) in [6, 6.07) is 30.8. The van der Waals surface area contributed by atoms with Gasteiger partial charge in [0.15, 0.2) is 0 Å². The van der Waals surface area contributed by atoms with Gasteiger partial charge in [0, 0.05) is 5.02 Å². The van der Waals surface area contributed by atoms with Gasteiger partial charge >= 0.3 is 0 Å². The van der Waals surface area contributed by atoms with Crippen molar-refractivity contribution in [2.45, 2.75) is 19.6 Å².